The number of amides is 1. The van der Waals surface area contributed by atoms with Crippen LogP contribution in [-0.4, -0.2) is 78.9 Å². The molecule has 1 saturated heterocycles. The molecule has 4 atom stereocenters. The molecule has 9 heteroatoms. The molecule has 1 aliphatic carbocycles. The first-order valence-corrected chi connectivity index (χ1v) is 11.0. The number of nitrogens with zero attached hydrogens (tertiary/aromatic N) is 2. The maximum absolute atomic E-state index is 12.9. The number of aliphatic hydroxyl groups excluding tert-OH is 2. The van der Waals surface area contributed by atoms with Gasteiger partial charge in [0.25, 0.3) is 5.91 Å². The van der Waals surface area contributed by atoms with Crippen LogP contribution in [0.1, 0.15) is 28.3 Å². The summed E-state index contributed by atoms with van der Waals surface area (Å²) in [6, 6.07) is 8.26. The number of fused-ring (bicyclic) bond motifs is 1. The summed E-state index contributed by atoms with van der Waals surface area (Å²) >= 11 is 0. The number of rotatable bonds is 4. The van der Waals surface area contributed by atoms with Crippen molar-refractivity contribution in [3.63, 3.8) is 0 Å². The number of hydrogen-bond donors (Lipinski definition) is 3. The number of carbonyl (C=O) groups excluding carboxylic acids is 1. The Bertz CT molecular complexity index is 963. The summed E-state index contributed by atoms with van der Waals surface area (Å²) < 4.78 is 16.5. The van der Waals surface area contributed by atoms with Gasteiger partial charge in [-0.25, -0.2) is 4.98 Å². The molecule has 1 saturated carbocycles. The zero-order valence-electron chi connectivity index (χ0n) is 17.6. The summed E-state index contributed by atoms with van der Waals surface area (Å²) in [6.45, 7) is 3.85. The van der Waals surface area contributed by atoms with Crippen molar-refractivity contribution < 1.29 is 29.2 Å². The topological polar surface area (TPSA) is 113 Å². The molecule has 3 N–H and O–H groups in total. The normalized spacial score (nSPS) is 27.2. The van der Waals surface area contributed by atoms with E-state index in [0.717, 1.165) is 24.5 Å². The zero-order chi connectivity index (χ0) is 22.1. The zero-order valence-corrected chi connectivity index (χ0v) is 17.6. The number of aromatic nitrogens is 1. The van der Waals surface area contributed by atoms with Crippen LogP contribution >= 0.6 is 0 Å². The van der Waals surface area contributed by atoms with Crippen LogP contribution in [0.5, 0.6) is 11.5 Å². The van der Waals surface area contributed by atoms with Gasteiger partial charge >= 0.3 is 0 Å². The number of hydrogen-bond acceptors (Lipinski definition) is 8. The summed E-state index contributed by atoms with van der Waals surface area (Å²) in [5.74, 6) is 1.40. The third-order valence-electron chi connectivity index (χ3n) is 6.33. The number of carbonyl (C=O) groups is 1. The van der Waals surface area contributed by atoms with Crippen molar-refractivity contribution in [2.45, 2.75) is 30.6 Å². The highest BCUT2D eigenvalue weighted by Gasteiger charge is 2.43. The molecule has 0 bridgehead atoms. The first kappa shape index (κ1) is 21.0. The fourth-order valence-corrected chi connectivity index (χ4v) is 4.57. The minimum Gasteiger partial charge on any atom is -0.486 e. The number of ether oxygens (including phenoxy) is 3. The van der Waals surface area contributed by atoms with Gasteiger partial charge in [-0.3, -0.25) is 4.79 Å². The molecule has 3 heterocycles. The Labute approximate surface area is 185 Å². The summed E-state index contributed by atoms with van der Waals surface area (Å²) in [5, 5.41) is 23.8. The lowest BCUT2D eigenvalue weighted by Gasteiger charge is -2.28. The molecule has 3 aliphatic rings. The molecule has 9 nitrogen and oxygen atoms in total. The number of nitrogens with one attached hydrogen (secondary N) is 1. The monoisotopic (exact) mass is 441 g/mol. The number of anilines is 1. The Kier molecular flexibility index (Phi) is 5.86. The second-order valence-corrected chi connectivity index (χ2v) is 8.31. The summed E-state index contributed by atoms with van der Waals surface area (Å²) in [7, 11) is 0. The van der Waals surface area contributed by atoms with Crippen molar-refractivity contribution in [1.29, 1.82) is 0 Å². The van der Waals surface area contributed by atoms with Gasteiger partial charge in [-0.1, -0.05) is 6.07 Å². The van der Waals surface area contributed by atoms with E-state index in [2.05, 4.69) is 15.2 Å². The van der Waals surface area contributed by atoms with Crippen LogP contribution in [0.15, 0.2) is 36.5 Å². The van der Waals surface area contributed by atoms with Crippen LogP contribution in [0.4, 0.5) is 5.82 Å². The molecule has 2 aliphatic heterocycles. The van der Waals surface area contributed by atoms with Crippen LogP contribution in [0, 0.1) is 0 Å². The van der Waals surface area contributed by atoms with Gasteiger partial charge in [0.05, 0.1) is 25.4 Å². The van der Waals surface area contributed by atoms with Gasteiger partial charge < -0.3 is 34.6 Å². The smallest absolute Gasteiger partial charge is 0.251 e. The average molecular weight is 441 g/mol. The largest absolute Gasteiger partial charge is 0.486 e. The van der Waals surface area contributed by atoms with Crippen molar-refractivity contribution in [1.82, 2.24) is 10.3 Å². The quantitative estimate of drug-likeness (QED) is 0.636. The van der Waals surface area contributed by atoms with Crippen molar-refractivity contribution in [3.8, 4) is 11.5 Å². The lowest BCUT2D eigenvalue weighted by atomic mass is 9.94. The van der Waals surface area contributed by atoms with E-state index in [0.29, 0.717) is 49.9 Å². The third-order valence-corrected chi connectivity index (χ3v) is 6.33. The van der Waals surface area contributed by atoms with Crippen molar-refractivity contribution >= 4 is 11.7 Å². The second-order valence-electron chi connectivity index (χ2n) is 8.31. The molecule has 170 valence electrons. The van der Waals surface area contributed by atoms with Gasteiger partial charge in [0, 0.05) is 30.8 Å². The second kappa shape index (κ2) is 8.93. The van der Waals surface area contributed by atoms with E-state index in [9.17, 15) is 15.0 Å². The van der Waals surface area contributed by atoms with Crippen molar-refractivity contribution in [2.75, 3.05) is 44.4 Å². The average Bonchev–Trinajstić information content (AvgIpc) is 3.13. The molecular weight excluding hydrogens is 414 g/mol. The predicted octanol–water partition coefficient (Wildman–Crippen LogP) is 0.697. The molecule has 0 radical (unpaired) electrons. The van der Waals surface area contributed by atoms with Crippen molar-refractivity contribution in [2.24, 2.45) is 0 Å². The molecule has 4 unspecified atom stereocenters. The Hall–Kier alpha value is -2.88. The van der Waals surface area contributed by atoms with Gasteiger partial charge in [-0.15, -0.1) is 0 Å². The fourth-order valence-electron chi connectivity index (χ4n) is 4.57. The highest BCUT2D eigenvalue weighted by molar-refractivity contribution is 5.95. The van der Waals surface area contributed by atoms with Crippen LogP contribution in [0.3, 0.4) is 0 Å². The van der Waals surface area contributed by atoms with Crippen LogP contribution < -0.4 is 19.7 Å². The summed E-state index contributed by atoms with van der Waals surface area (Å²) in [4.78, 5) is 19.7. The van der Waals surface area contributed by atoms with Gasteiger partial charge in [0.15, 0.2) is 11.5 Å². The first-order chi connectivity index (χ1) is 15.6. The standard InChI is InChI=1S/C23H27N3O6/c27-17-12-16(15-2-4-20(24-13-15)26-5-7-30-8-6-26)21(22(17)28)25-23(29)14-1-3-18-19(11-14)32-10-9-31-18/h1-4,11,13,16-17,21-22,27-28H,5-10,12H2,(H,25,29). The number of morpholine rings is 1. The van der Waals surface area contributed by atoms with E-state index >= 15 is 0 Å². The molecule has 1 aromatic carbocycles. The molecular formula is C23H27N3O6. The third kappa shape index (κ3) is 4.11. The highest BCUT2D eigenvalue weighted by atomic mass is 16.6. The first-order valence-electron chi connectivity index (χ1n) is 11.0. The maximum atomic E-state index is 12.9. The Morgan fingerprint density at radius 1 is 1.03 bits per heavy atom. The summed E-state index contributed by atoms with van der Waals surface area (Å²) in [6.07, 6.45) is 0.111. The molecule has 5 rings (SSSR count). The van der Waals surface area contributed by atoms with Crippen LogP contribution in [0.25, 0.3) is 0 Å². The van der Waals surface area contributed by atoms with E-state index < -0.39 is 18.2 Å². The lowest BCUT2D eigenvalue weighted by molar-refractivity contribution is 0.0294. The lowest BCUT2D eigenvalue weighted by Crippen LogP contribution is -2.45. The minimum absolute atomic E-state index is 0.257. The number of benzene rings is 1. The Balaban J connectivity index is 1.32. The molecule has 1 amide bonds. The Morgan fingerprint density at radius 2 is 1.81 bits per heavy atom. The molecule has 2 fully saturated rings. The summed E-state index contributed by atoms with van der Waals surface area (Å²) in [5.41, 5.74) is 1.27. The SMILES string of the molecule is O=C(NC1C(c2ccc(N3CCOCC3)nc2)CC(O)C1O)c1ccc2c(c1)OCCO2. The van der Waals surface area contributed by atoms with Gasteiger partial charge in [0.1, 0.15) is 25.1 Å². The Morgan fingerprint density at radius 3 is 2.56 bits per heavy atom. The number of pyridine rings is 1. The molecule has 0 spiro atoms. The van der Waals surface area contributed by atoms with Crippen molar-refractivity contribution in [3.05, 3.63) is 47.7 Å². The molecule has 2 aromatic rings. The van der Waals surface area contributed by atoms with Gasteiger partial charge in [-0.05, 0) is 36.2 Å². The number of aliphatic hydroxyl groups is 2. The fraction of sp³-hybridized carbons (Fsp3) is 0.478. The maximum Gasteiger partial charge on any atom is 0.251 e. The van der Waals surface area contributed by atoms with Crippen LogP contribution in [-0.2, 0) is 4.74 Å². The van der Waals surface area contributed by atoms with E-state index in [4.69, 9.17) is 14.2 Å². The van der Waals surface area contributed by atoms with E-state index in [1.165, 1.54) is 0 Å². The van der Waals surface area contributed by atoms with E-state index in [1.807, 2.05) is 12.1 Å². The molecule has 1 aromatic heterocycles. The van der Waals surface area contributed by atoms with Gasteiger partial charge in [-0.2, -0.15) is 0 Å². The predicted molar refractivity (Wildman–Crippen MR) is 115 cm³/mol. The molecule has 32 heavy (non-hydrogen) atoms. The van der Waals surface area contributed by atoms with E-state index in [-0.39, 0.29) is 11.8 Å². The highest BCUT2D eigenvalue weighted by Crippen LogP contribution is 2.36. The minimum atomic E-state index is -1.07. The van der Waals surface area contributed by atoms with Gasteiger partial charge in [0.2, 0.25) is 0 Å². The van der Waals surface area contributed by atoms with Crippen LogP contribution in [0.2, 0.25) is 0 Å². The van der Waals surface area contributed by atoms with E-state index in [1.54, 1.807) is 24.4 Å².